The summed E-state index contributed by atoms with van der Waals surface area (Å²) >= 11 is 17.7. The van der Waals surface area contributed by atoms with Crippen LogP contribution in [0.4, 0.5) is 0 Å². The molecule has 1 aromatic rings. The van der Waals surface area contributed by atoms with Crippen LogP contribution in [0.1, 0.15) is 19.3 Å². The summed E-state index contributed by atoms with van der Waals surface area (Å²) in [6.45, 7) is 0. The van der Waals surface area contributed by atoms with Crippen LogP contribution in [0.2, 0.25) is 15.1 Å². The molecule has 1 aliphatic carbocycles. The highest BCUT2D eigenvalue weighted by molar-refractivity contribution is 6.40. The van der Waals surface area contributed by atoms with E-state index in [0.717, 1.165) is 12.8 Å². The lowest BCUT2D eigenvalue weighted by atomic mass is 9.95. The van der Waals surface area contributed by atoms with Crippen molar-refractivity contribution >= 4 is 40.8 Å². The van der Waals surface area contributed by atoms with Gasteiger partial charge < -0.3 is 4.74 Å². The van der Waals surface area contributed by atoms with E-state index in [4.69, 9.17) is 39.5 Å². The van der Waals surface area contributed by atoms with Crippen LogP contribution in [0.15, 0.2) is 24.3 Å². The van der Waals surface area contributed by atoms with Crippen molar-refractivity contribution in [3.8, 4) is 5.75 Å². The van der Waals surface area contributed by atoms with E-state index >= 15 is 0 Å². The van der Waals surface area contributed by atoms with E-state index in [9.17, 15) is 4.79 Å². The van der Waals surface area contributed by atoms with Gasteiger partial charge in [0.25, 0.3) is 0 Å². The maximum atomic E-state index is 12.0. The standard InChI is InChI=1S/C13H11Cl3O2/c14-9-6-10(15)12(11(16)7-9)18-13(17)8-4-2-1-3-5-8/h1-2,6-8H,3-5H2. The molecule has 0 saturated carbocycles. The Hall–Kier alpha value is -0.700. The lowest BCUT2D eigenvalue weighted by molar-refractivity contribution is -0.139. The number of esters is 1. The maximum absolute atomic E-state index is 12.0. The van der Waals surface area contributed by atoms with Gasteiger partial charge in [-0.25, -0.2) is 0 Å². The average molecular weight is 306 g/mol. The minimum atomic E-state index is -0.300. The van der Waals surface area contributed by atoms with Gasteiger partial charge >= 0.3 is 5.97 Å². The van der Waals surface area contributed by atoms with E-state index in [-0.39, 0.29) is 27.7 Å². The summed E-state index contributed by atoms with van der Waals surface area (Å²) in [7, 11) is 0. The molecule has 0 aliphatic heterocycles. The van der Waals surface area contributed by atoms with Crippen LogP contribution < -0.4 is 4.74 Å². The molecule has 1 atom stereocenters. The van der Waals surface area contributed by atoms with Crippen LogP contribution in [0.5, 0.6) is 5.75 Å². The third-order valence-corrected chi connectivity index (χ3v) is 3.55. The molecule has 0 radical (unpaired) electrons. The molecule has 18 heavy (non-hydrogen) atoms. The van der Waals surface area contributed by atoms with Gasteiger partial charge in [-0.15, -0.1) is 0 Å². The fraction of sp³-hybridized carbons (Fsp3) is 0.308. The average Bonchev–Trinajstić information content (AvgIpc) is 2.34. The van der Waals surface area contributed by atoms with Crippen molar-refractivity contribution in [3.63, 3.8) is 0 Å². The largest absolute Gasteiger partial charge is 0.423 e. The number of carbonyl (C=O) groups is 1. The molecule has 0 aromatic heterocycles. The van der Waals surface area contributed by atoms with Crippen molar-refractivity contribution in [1.82, 2.24) is 0 Å². The fourth-order valence-electron chi connectivity index (χ4n) is 1.82. The Morgan fingerprint density at radius 2 is 1.83 bits per heavy atom. The van der Waals surface area contributed by atoms with Gasteiger partial charge in [-0.05, 0) is 31.4 Å². The predicted molar refractivity (Wildman–Crippen MR) is 73.6 cm³/mol. The lowest BCUT2D eigenvalue weighted by Gasteiger charge is -2.17. The Bertz CT molecular complexity index is 474. The summed E-state index contributed by atoms with van der Waals surface area (Å²) in [6.07, 6.45) is 6.42. The zero-order valence-corrected chi connectivity index (χ0v) is 11.7. The van der Waals surface area contributed by atoms with Crippen LogP contribution in [-0.4, -0.2) is 5.97 Å². The lowest BCUT2D eigenvalue weighted by Crippen LogP contribution is -2.21. The first-order chi connectivity index (χ1) is 8.58. The van der Waals surface area contributed by atoms with Crippen LogP contribution >= 0.6 is 34.8 Å². The van der Waals surface area contributed by atoms with Gasteiger partial charge in [0.1, 0.15) is 0 Å². The monoisotopic (exact) mass is 304 g/mol. The van der Waals surface area contributed by atoms with E-state index < -0.39 is 0 Å². The van der Waals surface area contributed by atoms with Gasteiger partial charge in [0, 0.05) is 5.02 Å². The molecule has 1 unspecified atom stereocenters. The molecule has 0 spiro atoms. The van der Waals surface area contributed by atoms with Gasteiger partial charge in [0.2, 0.25) is 0 Å². The van der Waals surface area contributed by atoms with Crippen LogP contribution in [0.25, 0.3) is 0 Å². The molecule has 5 heteroatoms. The Morgan fingerprint density at radius 1 is 1.17 bits per heavy atom. The van der Waals surface area contributed by atoms with Crippen LogP contribution in [-0.2, 0) is 4.79 Å². The normalized spacial score (nSPS) is 18.7. The van der Waals surface area contributed by atoms with Crippen molar-refractivity contribution in [2.45, 2.75) is 19.3 Å². The Kier molecular flexibility index (Phi) is 4.55. The van der Waals surface area contributed by atoms with Crippen molar-refractivity contribution in [1.29, 1.82) is 0 Å². The van der Waals surface area contributed by atoms with E-state index in [1.807, 2.05) is 6.08 Å². The first-order valence-corrected chi connectivity index (χ1v) is 6.72. The third kappa shape index (κ3) is 3.19. The molecule has 2 rings (SSSR count). The number of halogens is 3. The number of hydrogen-bond acceptors (Lipinski definition) is 2. The zero-order valence-electron chi connectivity index (χ0n) is 9.46. The van der Waals surface area contributed by atoms with Crippen molar-refractivity contribution < 1.29 is 9.53 Å². The van der Waals surface area contributed by atoms with Gasteiger partial charge in [-0.3, -0.25) is 4.79 Å². The molecule has 0 N–H and O–H groups in total. The SMILES string of the molecule is O=C(Oc1c(Cl)cc(Cl)cc1Cl)C1CC=CCC1. The minimum Gasteiger partial charge on any atom is -0.423 e. The van der Waals surface area contributed by atoms with Gasteiger partial charge in [0.15, 0.2) is 5.75 Å². The summed E-state index contributed by atoms with van der Waals surface area (Å²) in [4.78, 5) is 12.0. The van der Waals surface area contributed by atoms with Gasteiger partial charge in [-0.1, -0.05) is 47.0 Å². The van der Waals surface area contributed by atoms with E-state index in [1.54, 1.807) is 0 Å². The Labute approximate surface area is 120 Å². The summed E-state index contributed by atoms with van der Waals surface area (Å²) in [5.41, 5.74) is 0. The second kappa shape index (κ2) is 5.96. The molecule has 0 heterocycles. The topological polar surface area (TPSA) is 26.3 Å². The number of allylic oxidation sites excluding steroid dienone is 2. The molecule has 1 aliphatic rings. The predicted octanol–water partition coefficient (Wildman–Crippen LogP) is 4.91. The molecule has 0 fully saturated rings. The molecule has 0 amide bonds. The quantitative estimate of drug-likeness (QED) is 0.441. The summed E-state index contributed by atoms with van der Waals surface area (Å²) in [5, 5.41) is 0.893. The number of ether oxygens (including phenoxy) is 1. The number of rotatable bonds is 2. The first kappa shape index (κ1) is 13.7. The molecule has 1 aromatic carbocycles. The molecular weight excluding hydrogens is 295 g/mol. The highest BCUT2D eigenvalue weighted by Gasteiger charge is 2.23. The van der Waals surface area contributed by atoms with E-state index in [0.29, 0.717) is 11.4 Å². The number of carbonyl (C=O) groups excluding carboxylic acids is 1. The van der Waals surface area contributed by atoms with Crippen molar-refractivity contribution in [2.75, 3.05) is 0 Å². The second-order valence-electron chi connectivity index (χ2n) is 4.10. The van der Waals surface area contributed by atoms with E-state index in [1.165, 1.54) is 12.1 Å². The van der Waals surface area contributed by atoms with Gasteiger partial charge in [0.05, 0.1) is 16.0 Å². The zero-order chi connectivity index (χ0) is 13.1. The van der Waals surface area contributed by atoms with Crippen LogP contribution in [0, 0.1) is 5.92 Å². The Morgan fingerprint density at radius 3 is 2.39 bits per heavy atom. The van der Waals surface area contributed by atoms with Crippen molar-refractivity contribution in [2.24, 2.45) is 5.92 Å². The summed E-state index contributed by atoms with van der Waals surface area (Å²) in [6, 6.07) is 3.00. The molecule has 96 valence electrons. The molecule has 2 nitrogen and oxygen atoms in total. The summed E-state index contributed by atoms with van der Waals surface area (Å²) in [5.74, 6) is -0.245. The highest BCUT2D eigenvalue weighted by Crippen LogP contribution is 2.36. The maximum Gasteiger partial charge on any atom is 0.314 e. The molecule has 0 saturated heterocycles. The van der Waals surface area contributed by atoms with Gasteiger partial charge in [-0.2, -0.15) is 0 Å². The van der Waals surface area contributed by atoms with E-state index in [2.05, 4.69) is 6.08 Å². The fourth-order valence-corrected chi connectivity index (χ4v) is 2.71. The summed E-state index contributed by atoms with van der Waals surface area (Å²) < 4.78 is 5.28. The molecule has 0 bridgehead atoms. The first-order valence-electron chi connectivity index (χ1n) is 5.59. The minimum absolute atomic E-state index is 0.127. The second-order valence-corrected chi connectivity index (χ2v) is 5.35. The third-order valence-electron chi connectivity index (χ3n) is 2.77. The number of benzene rings is 1. The number of hydrogen-bond donors (Lipinski definition) is 0. The van der Waals surface area contributed by atoms with Crippen LogP contribution in [0.3, 0.4) is 0 Å². The smallest absolute Gasteiger partial charge is 0.314 e. The molecular formula is C13H11Cl3O2. The highest BCUT2D eigenvalue weighted by atomic mass is 35.5. The van der Waals surface area contributed by atoms with Crippen molar-refractivity contribution in [3.05, 3.63) is 39.4 Å². The Balaban J connectivity index is 2.14.